The number of fused-ring (bicyclic) bond motifs is 3. The molecule has 0 saturated heterocycles. The quantitative estimate of drug-likeness (QED) is 0.803. The lowest BCUT2D eigenvalue weighted by Crippen LogP contribution is -2.36. The van der Waals surface area contributed by atoms with Gasteiger partial charge in [-0.15, -0.1) is 4.40 Å². The highest BCUT2D eigenvalue weighted by Crippen LogP contribution is 2.42. The van der Waals surface area contributed by atoms with Crippen LogP contribution in [0.25, 0.3) is 0 Å². The highest BCUT2D eigenvalue weighted by Gasteiger charge is 2.34. The number of thioether (sulfide) groups is 1. The predicted octanol–water partition coefficient (Wildman–Crippen LogP) is 3.82. The average Bonchev–Trinajstić information content (AvgIpc) is 3.00. The molecule has 2 heterocycles. The Balaban J connectivity index is 1.60. The third kappa shape index (κ3) is 4.04. The van der Waals surface area contributed by atoms with Gasteiger partial charge in [-0.2, -0.15) is 0 Å². The Bertz CT molecular complexity index is 1090. The number of carbonyl (C=O) groups excluding carboxylic acids is 1. The number of rotatable bonds is 3. The van der Waals surface area contributed by atoms with Crippen LogP contribution in [0.1, 0.15) is 42.7 Å². The standard InChI is InChI=1S/C21H23N3O3S2/c1-21(2,3)18(14-7-5-4-6-8-14)22-19(25)15-9-10-16-17(13-15)28-20-23-29(26,27)12-11-24(16)20/h4-10,13,18H,11-12H2,1-3H3,(H,22,25). The van der Waals surface area contributed by atoms with E-state index >= 15 is 0 Å². The number of sulfonamides is 1. The molecule has 4 rings (SSSR count). The lowest BCUT2D eigenvalue weighted by Gasteiger charge is -2.32. The Hall–Kier alpha value is -2.32. The van der Waals surface area contributed by atoms with Crippen molar-refractivity contribution in [2.24, 2.45) is 9.81 Å². The molecular formula is C21H23N3O3S2. The maximum Gasteiger partial charge on any atom is 0.257 e. The predicted molar refractivity (Wildman–Crippen MR) is 117 cm³/mol. The monoisotopic (exact) mass is 429 g/mol. The molecule has 1 amide bonds. The first-order valence-electron chi connectivity index (χ1n) is 9.42. The molecule has 1 N–H and O–H groups in total. The smallest absolute Gasteiger partial charge is 0.257 e. The van der Waals surface area contributed by atoms with E-state index in [1.54, 1.807) is 6.07 Å². The van der Waals surface area contributed by atoms with Gasteiger partial charge in [0.2, 0.25) is 0 Å². The first-order valence-corrected chi connectivity index (χ1v) is 11.8. The summed E-state index contributed by atoms with van der Waals surface area (Å²) in [5.74, 6) is -0.153. The number of nitrogens with zero attached hydrogens (tertiary/aromatic N) is 2. The van der Waals surface area contributed by atoms with Gasteiger partial charge >= 0.3 is 0 Å². The summed E-state index contributed by atoms with van der Waals surface area (Å²) in [4.78, 5) is 15.8. The molecule has 0 spiro atoms. The summed E-state index contributed by atoms with van der Waals surface area (Å²) in [6, 6.07) is 15.3. The number of carbonyl (C=O) groups is 1. The van der Waals surface area contributed by atoms with E-state index in [1.165, 1.54) is 11.8 Å². The second-order valence-electron chi connectivity index (χ2n) is 8.28. The van der Waals surface area contributed by atoms with Crippen LogP contribution in [0, 0.1) is 5.41 Å². The molecule has 1 unspecified atom stereocenters. The van der Waals surface area contributed by atoms with E-state index in [9.17, 15) is 13.2 Å². The fourth-order valence-electron chi connectivity index (χ4n) is 3.53. The van der Waals surface area contributed by atoms with Crippen LogP contribution in [0.3, 0.4) is 0 Å². The van der Waals surface area contributed by atoms with Crippen molar-refractivity contribution >= 4 is 38.5 Å². The Labute approximate surface area is 175 Å². The Morgan fingerprint density at radius 1 is 1.17 bits per heavy atom. The fraction of sp³-hybridized carbons (Fsp3) is 0.333. The van der Waals surface area contributed by atoms with Gasteiger partial charge < -0.3 is 10.2 Å². The number of benzene rings is 2. The van der Waals surface area contributed by atoms with Crippen LogP contribution in [-0.2, 0) is 10.0 Å². The van der Waals surface area contributed by atoms with Crippen molar-refractivity contribution in [3.8, 4) is 0 Å². The zero-order valence-electron chi connectivity index (χ0n) is 16.5. The Kier molecular flexibility index (Phi) is 4.94. The molecule has 2 aromatic rings. The largest absolute Gasteiger partial charge is 0.345 e. The van der Waals surface area contributed by atoms with E-state index in [2.05, 4.69) is 30.5 Å². The van der Waals surface area contributed by atoms with Crippen LogP contribution < -0.4 is 10.2 Å². The molecule has 8 heteroatoms. The molecule has 0 aliphatic carbocycles. The van der Waals surface area contributed by atoms with E-state index in [-0.39, 0.29) is 23.1 Å². The molecule has 1 atom stereocenters. The summed E-state index contributed by atoms with van der Waals surface area (Å²) in [5, 5.41) is 3.63. The lowest BCUT2D eigenvalue weighted by atomic mass is 9.82. The summed E-state index contributed by atoms with van der Waals surface area (Å²) < 4.78 is 27.4. The summed E-state index contributed by atoms with van der Waals surface area (Å²) in [6.45, 7) is 6.67. The molecule has 2 aliphatic rings. The van der Waals surface area contributed by atoms with Crippen molar-refractivity contribution in [2.45, 2.75) is 31.7 Å². The van der Waals surface area contributed by atoms with Gasteiger partial charge in [-0.05, 0) is 40.9 Å². The second kappa shape index (κ2) is 7.18. The van der Waals surface area contributed by atoms with Crippen molar-refractivity contribution in [2.75, 3.05) is 17.2 Å². The molecule has 0 bridgehead atoms. The molecule has 0 saturated carbocycles. The van der Waals surface area contributed by atoms with Crippen LogP contribution in [0.4, 0.5) is 5.69 Å². The number of amides is 1. The van der Waals surface area contributed by atoms with Crippen molar-refractivity contribution in [1.82, 2.24) is 5.32 Å². The number of anilines is 1. The molecule has 29 heavy (non-hydrogen) atoms. The first-order chi connectivity index (χ1) is 13.6. The van der Waals surface area contributed by atoms with Gasteiger partial charge in [-0.3, -0.25) is 4.79 Å². The number of nitrogens with one attached hydrogen (secondary N) is 1. The average molecular weight is 430 g/mol. The van der Waals surface area contributed by atoms with Crippen molar-refractivity contribution in [1.29, 1.82) is 0 Å². The lowest BCUT2D eigenvalue weighted by molar-refractivity contribution is 0.0901. The van der Waals surface area contributed by atoms with Crippen LogP contribution in [0.2, 0.25) is 0 Å². The van der Waals surface area contributed by atoms with Crippen LogP contribution in [0.15, 0.2) is 57.8 Å². The minimum atomic E-state index is -3.40. The van der Waals surface area contributed by atoms with Crippen LogP contribution in [0.5, 0.6) is 0 Å². The third-order valence-electron chi connectivity index (χ3n) is 5.01. The van der Waals surface area contributed by atoms with Gasteiger partial charge in [0.1, 0.15) is 0 Å². The molecule has 0 fully saturated rings. The number of hydrogen-bond donors (Lipinski definition) is 1. The molecule has 6 nitrogen and oxygen atoms in total. The minimum absolute atomic E-state index is 0.00305. The van der Waals surface area contributed by atoms with Gasteiger partial charge in [0.25, 0.3) is 15.9 Å². The second-order valence-corrected chi connectivity index (χ2v) is 11.0. The van der Waals surface area contributed by atoms with Gasteiger partial charge in [0.15, 0.2) is 5.17 Å². The van der Waals surface area contributed by atoms with E-state index in [0.717, 1.165) is 16.1 Å². The van der Waals surface area contributed by atoms with E-state index < -0.39 is 10.0 Å². The van der Waals surface area contributed by atoms with Gasteiger partial charge in [-0.25, -0.2) is 8.42 Å². The molecule has 2 aromatic carbocycles. The van der Waals surface area contributed by atoms with E-state index in [0.29, 0.717) is 17.3 Å². The van der Waals surface area contributed by atoms with Crippen molar-refractivity contribution in [3.63, 3.8) is 0 Å². The van der Waals surface area contributed by atoms with Gasteiger partial charge in [-0.1, -0.05) is 51.1 Å². The summed E-state index contributed by atoms with van der Waals surface area (Å²) in [6.07, 6.45) is 0. The zero-order valence-corrected chi connectivity index (χ0v) is 18.2. The van der Waals surface area contributed by atoms with Gasteiger partial charge in [0, 0.05) is 17.0 Å². The highest BCUT2D eigenvalue weighted by atomic mass is 32.2. The first kappa shape index (κ1) is 20.0. The Morgan fingerprint density at radius 3 is 2.59 bits per heavy atom. The maximum absolute atomic E-state index is 13.0. The number of hydrogen-bond acceptors (Lipinski definition) is 5. The highest BCUT2D eigenvalue weighted by molar-refractivity contribution is 8.15. The molecule has 0 aromatic heterocycles. The summed E-state index contributed by atoms with van der Waals surface area (Å²) in [5.41, 5.74) is 2.34. The van der Waals surface area contributed by atoms with Crippen LogP contribution >= 0.6 is 11.8 Å². The van der Waals surface area contributed by atoms with E-state index in [1.807, 2.05) is 47.4 Å². The van der Waals surface area contributed by atoms with E-state index in [4.69, 9.17) is 0 Å². The number of amidine groups is 1. The van der Waals surface area contributed by atoms with Gasteiger partial charge in [0.05, 0.1) is 17.5 Å². The van der Waals surface area contributed by atoms with Crippen molar-refractivity contribution in [3.05, 3.63) is 59.7 Å². The fourth-order valence-corrected chi connectivity index (χ4v) is 5.83. The summed E-state index contributed by atoms with van der Waals surface area (Å²) in [7, 11) is -3.40. The zero-order chi connectivity index (χ0) is 20.8. The van der Waals surface area contributed by atoms with Crippen LogP contribution in [-0.4, -0.2) is 31.8 Å². The normalized spacial score (nSPS) is 18.4. The molecular weight excluding hydrogens is 406 g/mol. The molecule has 152 valence electrons. The Morgan fingerprint density at radius 2 is 1.90 bits per heavy atom. The van der Waals surface area contributed by atoms with Crippen molar-refractivity contribution < 1.29 is 13.2 Å². The molecule has 2 aliphatic heterocycles. The SMILES string of the molecule is CC(C)(C)C(NC(=O)c1ccc2c(c1)SC1=NS(=O)(=O)CCN12)c1ccccc1. The summed E-state index contributed by atoms with van der Waals surface area (Å²) >= 11 is 1.29. The molecule has 0 radical (unpaired) electrons. The third-order valence-corrected chi connectivity index (χ3v) is 7.32. The minimum Gasteiger partial charge on any atom is -0.345 e. The maximum atomic E-state index is 13.0. The topological polar surface area (TPSA) is 78.8 Å².